The van der Waals surface area contributed by atoms with Gasteiger partial charge in [-0.25, -0.2) is 9.97 Å². The summed E-state index contributed by atoms with van der Waals surface area (Å²) in [4.78, 5) is 45.8. The molecule has 1 saturated heterocycles. The van der Waals surface area contributed by atoms with E-state index in [-0.39, 0.29) is 29.8 Å². The molecule has 212 valence electrons. The van der Waals surface area contributed by atoms with Gasteiger partial charge in [0.1, 0.15) is 17.2 Å². The Morgan fingerprint density at radius 2 is 1.88 bits per heavy atom. The second-order valence-corrected chi connectivity index (χ2v) is 10.3. The Balaban J connectivity index is 1.30. The maximum atomic E-state index is 13.1. The maximum Gasteiger partial charge on any atom is 0.266 e. The molecule has 3 aromatic rings. The molecule has 1 aromatic carbocycles. The van der Waals surface area contributed by atoms with Crippen molar-refractivity contribution < 1.29 is 14.3 Å². The third-order valence-electron chi connectivity index (χ3n) is 7.33. The Labute approximate surface area is 238 Å². The monoisotopic (exact) mass is 555 g/mol. The molecule has 12 heteroatoms. The summed E-state index contributed by atoms with van der Waals surface area (Å²) in [5.74, 6) is 1.55. The van der Waals surface area contributed by atoms with Gasteiger partial charge in [0.15, 0.2) is 18.2 Å². The molecule has 3 aliphatic heterocycles. The number of hydrogen-bond acceptors (Lipinski definition) is 10. The number of nitrogens with zero attached hydrogens (tertiary/aromatic N) is 6. The van der Waals surface area contributed by atoms with Crippen molar-refractivity contribution in [2.45, 2.75) is 19.3 Å². The highest BCUT2D eigenvalue weighted by molar-refractivity contribution is 6.00. The molecule has 0 atom stereocenters. The van der Waals surface area contributed by atoms with Crippen LogP contribution < -0.4 is 30.5 Å². The molecule has 1 fully saturated rings. The third-order valence-corrected chi connectivity index (χ3v) is 7.33. The minimum Gasteiger partial charge on any atom is -0.480 e. The molecule has 12 nitrogen and oxygen atoms in total. The number of fused-ring (bicyclic) bond motifs is 2. The zero-order chi connectivity index (χ0) is 28.2. The van der Waals surface area contributed by atoms with Crippen LogP contribution in [0.15, 0.2) is 54.9 Å². The van der Waals surface area contributed by atoms with E-state index >= 15 is 0 Å². The first-order valence-electron chi connectivity index (χ1n) is 13.9. The van der Waals surface area contributed by atoms with Gasteiger partial charge in [-0.1, -0.05) is 12.1 Å². The van der Waals surface area contributed by atoms with Crippen molar-refractivity contribution >= 4 is 46.6 Å². The van der Waals surface area contributed by atoms with Crippen LogP contribution in [0, 0.1) is 0 Å². The van der Waals surface area contributed by atoms with Crippen molar-refractivity contribution in [2.24, 2.45) is 0 Å². The largest absolute Gasteiger partial charge is 0.480 e. The quantitative estimate of drug-likeness (QED) is 0.443. The van der Waals surface area contributed by atoms with Gasteiger partial charge in [0, 0.05) is 56.5 Å². The lowest BCUT2D eigenvalue weighted by Crippen LogP contribution is -2.44. The van der Waals surface area contributed by atoms with Crippen molar-refractivity contribution in [2.75, 3.05) is 66.8 Å². The van der Waals surface area contributed by atoms with Crippen molar-refractivity contribution in [1.82, 2.24) is 25.2 Å². The summed E-state index contributed by atoms with van der Waals surface area (Å²) < 4.78 is 5.62. The van der Waals surface area contributed by atoms with Crippen LogP contribution in [0.4, 0.5) is 34.8 Å². The molecule has 3 N–H and O–H groups in total. The zero-order valence-electron chi connectivity index (χ0n) is 23.0. The average Bonchev–Trinajstić information content (AvgIpc) is 2.98. The first kappa shape index (κ1) is 26.5. The van der Waals surface area contributed by atoms with Gasteiger partial charge in [-0.15, -0.1) is 0 Å². The number of ether oxygens (including phenoxy) is 1. The van der Waals surface area contributed by atoms with Crippen LogP contribution in [-0.4, -0.2) is 78.0 Å². The summed E-state index contributed by atoms with van der Waals surface area (Å²) in [5, 5.41) is 9.26. The van der Waals surface area contributed by atoms with Crippen molar-refractivity contribution in [3.8, 4) is 5.75 Å². The summed E-state index contributed by atoms with van der Waals surface area (Å²) >= 11 is 0. The summed E-state index contributed by atoms with van der Waals surface area (Å²) in [6.45, 7) is 4.48. The lowest BCUT2D eigenvalue weighted by Gasteiger charge is -2.34. The van der Waals surface area contributed by atoms with Crippen LogP contribution in [-0.2, 0) is 4.79 Å². The average molecular weight is 556 g/mol. The van der Waals surface area contributed by atoms with E-state index in [9.17, 15) is 9.59 Å². The molecule has 2 aromatic heterocycles. The first-order valence-corrected chi connectivity index (χ1v) is 13.9. The van der Waals surface area contributed by atoms with E-state index in [0.29, 0.717) is 29.9 Å². The van der Waals surface area contributed by atoms with Gasteiger partial charge in [0.25, 0.3) is 11.8 Å². The number of carbonyl (C=O) groups excluding carboxylic acids is 2. The van der Waals surface area contributed by atoms with Crippen LogP contribution in [0.5, 0.6) is 5.75 Å². The molecule has 0 radical (unpaired) electrons. The Kier molecular flexibility index (Phi) is 7.63. The number of allylic oxidation sites excluding steroid dienone is 1. The molecule has 5 heterocycles. The number of rotatable bonds is 3. The molecule has 0 unspecified atom stereocenters. The number of aromatic nitrogens is 3. The van der Waals surface area contributed by atoms with Crippen LogP contribution in [0.25, 0.3) is 0 Å². The standard InChI is InChI=1S/C29H33N9O3/c1-36-13-15-37(16-14-36)21-8-6-7-20(17-21)32-29-31-18-22-26(35-29)33-24-10-9-23-27(34-24)38(25(39)19-41-23)12-5-3-2-4-11-30-28(22)40/h4,6-11,17-18H,2-3,5,12-16,19H2,1H3,(H,30,40)(H2,31,32,33,34,35)/b11-4-. The van der Waals surface area contributed by atoms with Crippen molar-refractivity contribution in [3.05, 3.63) is 60.4 Å². The number of hydrogen-bond donors (Lipinski definition) is 3. The number of amides is 2. The van der Waals surface area contributed by atoms with E-state index in [4.69, 9.17) is 4.74 Å². The van der Waals surface area contributed by atoms with Gasteiger partial charge in [-0.3, -0.25) is 14.5 Å². The lowest BCUT2D eigenvalue weighted by atomic mass is 10.2. The van der Waals surface area contributed by atoms with Crippen LogP contribution in [0.2, 0.25) is 0 Å². The molecular weight excluding hydrogens is 522 g/mol. The predicted molar refractivity (Wildman–Crippen MR) is 157 cm³/mol. The number of piperazine rings is 1. The highest BCUT2D eigenvalue weighted by Crippen LogP contribution is 2.33. The van der Waals surface area contributed by atoms with Crippen LogP contribution in [0.3, 0.4) is 0 Å². The third kappa shape index (κ3) is 6.07. The van der Waals surface area contributed by atoms with Gasteiger partial charge >= 0.3 is 0 Å². The second kappa shape index (κ2) is 11.8. The molecule has 2 bridgehead atoms. The number of nitrogens with one attached hydrogen (secondary N) is 3. The predicted octanol–water partition coefficient (Wildman–Crippen LogP) is 3.26. The number of pyridine rings is 1. The molecule has 0 aliphatic carbocycles. The normalized spacial score (nSPS) is 18.7. The summed E-state index contributed by atoms with van der Waals surface area (Å²) in [5.41, 5.74) is 2.22. The molecule has 0 saturated carbocycles. The van der Waals surface area contributed by atoms with Gasteiger partial charge in [0.2, 0.25) is 5.95 Å². The van der Waals surface area contributed by atoms with E-state index in [1.807, 2.05) is 18.2 Å². The smallest absolute Gasteiger partial charge is 0.266 e. The highest BCUT2D eigenvalue weighted by Gasteiger charge is 2.27. The van der Waals surface area contributed by atoms with Crippen molar-refractivity contribution in [3.63, 3.8) is 0 Å². The highest BCUT2D eigenvalue weighted by atomic mass is 16.5. The maximum absolute atomic E-state index is 13.1. The molecule has 2 amide bonds. The van der Waals surface area contributed by atoms with Crippen molar-refractivity contribution in [1.29, 1.82) is 0 Å². The molecule has 0 spiro atoms. The molecule has 3 aliphatic rings. The Morgan fingerprint density at radius 1 is 1.00 bits per heavy atom. The Bertz CT molecular complexity index is 1470. The second-order valence-electron chi connectivity index (χ2n) is 10.3. The van der Waals surface area contributed by atoms with Gasteiger partial charge in [0.05, 0.1) is 0 Å². The molecular formula is C29H33N9O3. The van der Waals surface area contributed by atoms with Crippen LogP contribution in [0.1, 0.15) is 29.6 Å². The molecule has 41 heavy (non-hydrogen) atoms. The zero-order valence-corrected chi connectivity index (χ0v) is 23.0. The summed E-state index contributed by atoms with van der Waals surface area (Å²) in [6, 6.07) is 11.6. The number of anilines is 6. The van der Waals surface area contributed by atoms with Gasteiger partial charge in [-0.05, 0) is 56.6 Å². The van der Waals surface area contributed by atoms with Crippen LogP contribution >= 0.6 is 0 Å². The first-order chi connectivity index (χ1) is 20.0. The Morgan fingerprint density at radius 3 is 2.76 bits per heavy atom. The fraction of sp³-hybridized carbons (Fsp3) is 0.345. The summed E-state index contributed by atoms with van der Waals surface area (Å²) in [6.07, 6.45) is 7.43. The minimum atomic E-state index is -0.347. The SMILES string of the molecule is CN1CCN(c2cccc(Nc3ncc4c(n3)Nc3ccc5c(n3)N(CCCC/C=C\NC4=O)C(=O)CO5)c2)CC1. The number of carbonyl (C=O) groups is 2. The fourth-order valence-electron chi connectivity index (χ4n) is 5.00. The number of benzene rings is 1. The number of likely N-dealkylation sites (N-methyl/N-ethyl adjacent to an activating group) is 1. The minimum absolute atomic E-state index is 0.0130. The van der Waals surface area contributed by atoms with E-state index < -0.39 is 0 Å². The van der Waals surface area contributed by atoms with E-state index in [1.165, 1.54) is 6.20 Å². The lowest BCUT2D eigenvalue weighted by molar-refractivity contribution is -0.121. The Hall–Kier alpha value is -4.71. The van der Waals surface area contributed by atoms with E-state index in [1.54, 1.807) is 23.2 Å². The van der Waals surface area contributed by atoms with E-state index in [2.05, 4.69) is 59.9 Å². The summed E-state index contributed by atoms with van der Waals surface area (Å²) in [7, 11) is 2.14. The van der Waals surface area contributed by atoms with E-state index in [0.717, 1.165) is 56.8 Å². The topological polar surface area (TPSA) is 128 Å². The fourth-order valence-corrected chi connectivity index (χ4v) is 5.00. The van der Waals surface area contributed by atoms with Gasteiger partial charge < -0.3 is 30.5 Å². The van der Waals surface area contributed by atoms with Gasteiger partial charge in [-0.2, -0.15) is 4.98 Å². The molecule has 6 rings (SSSR count).